The van der Waals surface area contributed by atoms with Crippen molar-refractivity contribution in [3.8, 4) is 5.75 Å². The Labute approximate surface area is 255 Å². The predicted octanol–water partition coefficient (Wildman–Crippen LogP) is 5.61. The van der Waals surface area contributed by atoms with E-state index in [0.717, 1.165) is 33.4 Å². The quantitative estimate of drug-likeness (QED) is 0.196. The molecule has 15 nitrogen and oxygen atoms in total. The molecule has 15 heteroatoms. The molecular formula is C30H22N14O. The van der Waals surface area contributed by atoms with Crippen LogP contribution in [0.3, 0.4) is 0 Å². The first-order valence-corrected chi connectivity index (χ1v) is 13.3. The van der Waals surface area contributed by atoms with Crippen molar-refractivity contribution in [1.29, 1.82) is 0 Å². The zero-order valence-electron chi connectivity index (χ0n) is 23.6. The second-order valence-electron chi connectivity index (χ2n) is 9.26. The van der Waals surface area contributed by atoms with Crippen LogP contribution in [-0.4, -0.2) is 56.5 Å². The number of benzene rings is 1. The van der Waals surface area contributed by atoms with E-state index < -0.39 is 0 Å². The number of imidazole rings is 2. The summed E-state index contributed by atoms with van der Waals surface area (Å²) in [4.78, 5) is 42.6. The summed E-state index contributed by atoms with van der Waals surface area (Å²) in [5.41, 5.74) is 4.59. The molecule has 7 aromatic rings. The molecule has 0 atom stereocenters. The number of aromatic nitrogens is 10. The number of aromatic amines is 1. The Morgan fingerprint density at radius 3 is 1.98 bits per heavy atom. The number of nitrogens with one attached hydrogen (secondary N) is 3. The van der Waals surface area contributed by atoms with Crippen LogP contribution in [0.2, 0.25) is 0 Å². The number of hydrogen-bond donors (Lipinski definition) is 3. The van der Waals surface area contributed by atoms with Crippen LogP contribution in [0.5, 0.6) is 5.75 Å². The largest absolute Gasteiger partial charge is 0.497 e. The maximum atomic E-state index is 6.92. The van der Waals surface area contributed by atoms with Crippen LogP contribution < -0.4 is 15.4 Å². The standard InChI is InChI=1S/C19H15N7O.C11H7N7/c1-20-18-9-23-19(10-22-18)25-17-7-16-15(8-21-17)24-12-26(16)11-13-3-5-14(27-2)6-4-13;1-12-10-4-15-11(5-14-10)18-9-2-7-8(3-13-9)17-6-16-7/h3-10,12H,11H2,2H3,(H,21,23,25);2-6H,(H,16,17)(H,13,15,18). The van der Waals surface area contributed by atoms with Gasteiger partial charge in [0.1, 0.15) is 22.9 Å². The van der Waals surface area contributed by atoms with E-state index in [1.165, 1.54) is 24.8 Å². The highest BCUT2D eigenvalue weighted by molar-refractivity contribution is 5.78. The first kappa shape index (κ1) is 28.1. The summed E-state index contributed by atoms with van der Waals surface area (Å²) >= 11 is 0. The van der Waals surface area contributed by atoms with Crippen molar-refractivity contribution < 1.29 is 4.74 Å². The van der Waals surface area contributed by atoms with E-state index in [1.54, 1.807) is 38.2 Å². The lowest BCUT2D eigenvalue weighted by molar-refractivity contribution is 0.414. The van der Waals surface area contributed by atoms with E-state index in [2.05, 4.69) is 69.7 Å². The van der Waals surface area contributed by atoms with Gasteiger partial charge in [0.2, 0.25) is 0 Å². The van der Waals surface area contributed by atoms with Crippen LogP contribution in [-0.2, 0) is 6.54 Å². The van der Waals surface area contributed by atoms with E-state index in [9.17, 15) is 0 Å². The van der Waals surface area contributed by atoms with Crippen molar-refractivity contribution in [2.75, 3.05) is 17.7 Å². The van der Waals surface area contributed by atoms with Gasteiger partial charge in [0, 0.05) is 18.7 Å². The predicted molar refractivity (Wildman–Crippen MR) is 167 cm³/mol. The fraction of sp³-hybridized carbons (Fsp3) is 0.0667. The first-order valence-electron chi connectivity index (χ1n) is 13.3. The molecule has 0 aliphatic heterocycles. The average molecular weight is 595 g/mol. The number of nitrogens with zero attached hydrogens (tertiary/aromatic N) is 11. The summed E-state index contributed by atoms with van der Waals surface area (Å²) in [6, 6.07) is 11.6. The number of anilines is 4. The highest BCUT2D eigenvalue weighted by Gasteiger charge is 2.08. The molecule has 1 aromatic carbocycles. The third-order valence-electron chi connectivity index (χ3n) is 6.34. The molecule has 7 rings (SSSR count). The van der Waals surface area contributed by atoms with Crippen molar-refractivity contribution in [3.63, 3.8) is 0 Å². The highest BCUT2D eigenvalue weighted by atomic mass is 16.5. The van der Waals surface area contributed by atoms with Crippen LogP contribution >= 0.6 is 0 Å². The molecule has 0 aliphatic carbocycles. The molecule has 0 spiro atoms. The second kappa shape index (κ2) is 12.9. The normalized spacial score (nSPS) is 10.4. The number of pyridine rings is 2. The molecular weight excluding hydrogens is 572 g/mol. The summed E-state index contributed by atoms with van der Waals surface area (Å²) < 4.78 is 7.25. The first-order chi connectivity index (χ1) is 22.1. The van der Waals surface area contributed by atoms with Gasteiger partial charge in [0.05, 0.1) is 61.1 Å². The van der Waals surface area contributed by atoms with Crippen LogP contribution in [0.1, 0.15) is 5.56 Å². The van der Waals surface area contributed by atoms with Crippen molar-refractivity contribution >= 4 is 57.0 Å². The van der Waals surface area contributed by atoms with Crippen molar-refractivity contribution in [2.24, 2.45) is 0 Å². The Morgan fingerprint density at radius 1 is 0.711 bits per heavy atom. The minimum Gasteiger partial charge on any atom is -0.497 e. The second-order valence-corrected chi connectivity index (χ2v) is 9.26. The zero-order chi connectivity index (χ0) is 31.0. The molecule has 6 heterocycles. The summed E-state index contributed by atoms with van der Waals surface area (Å²) in [7, 11) is 1.65. The number of rotatable bonds is 7. The van der Waals surface area contributed by atoms with Gasteiger partial charge in [-0.1, -0.05) is 25.3 Å². The molecule has 0 unspecified atom stereocenters. The molecule has 3 N–H and O–H groups in total. The molecule has 0 saturated heterocycles. The Hall–Kier alpha value is -7.00. The van der Waals surface area contributed by atoms with Gasteiger partial charge >= 0.3 is 0 Å². The summed E-state index contributed by atoms with van der Waals surface area (Å²) in [5, 5.41) is 6.09. The minimum atomic E-state index is 0.251. The van der Waals surface area contributed by atoms with E-state index in [-0.39, 0.29) is 11.6 Å². The van der Waals surface area contributed by atoms with Crippen molar-refractivity contribution in [3.05, 3.63) is 115 Å². The SMILES string of the molecule is [C-]#[N+]c1cnc(Nc2cc3c(cn2)ncn3Cc2ccc(OC)cc2)cn1.[C-]#[N+]c1cnc(Nc2cc3nc[nH]c3cn2)cn1. The lowest BCUT2D eigenvalue weighted by Gasteiger charge is -2.07. The van der Waals surface area contributed by atoms with Crippen LogP contribution in [0, 0.1) is 13.1 Å². The van der Waals surface area contributed by atoms with Gasteiger partial charge in [0.25, 0.3) is 11.6 Å². The summed E-state index contributed by atoms with van der Waals surface area (Å²) in [5.74, 6) is 3.65. The van der Waals surface area contributed by atoms with E-state index in [0.29, 0.717) is 29.8 Å². The van der Waals surface area contributed by atoms with Gasteiger partial charge in [-0.25, -0.2) is 29.9 Å². The van der Waals surface area contributed by atoms with Crippen LogP contribution in [0.15, 0.2) is 86.2 Å². The molecule has 0 bridgehead atoms. The fourth-order valence-corrected chi connectivity index (χ4v) is 4.14. The minimum absolute atomic E-state index is 0.251. The number of H-pyrrole nitrogens is 1. The molecule has 0 radical (unpaired) electrons. The van der Waals surface area contributed by atoms with E-state index >= 15 is 0 Å². The Kier molecular flexibility index (Phi) is 8.06. The van der Waals surface area contributed by atoms with Gasteiger partial charge in [-0.05, 0) is 17.7 Å². The van der Waals surface area contributed by atoms with Gasteiger partial charge in [-0.2, -0.15) is 0 Å². The maximum absolute atomic E-state index is 6.92. The topological polar surface area (TPSA) is 166 Å². The number of methoxy groups -OCH3 is 1. The van der Waals surface area contributed by atoms with Crippen molar-refractivity contribution in [1.82, 2.24) is 49.4 Å². The molecule has 0 saturated carbocycles. The fourth-order valence-electron chi connectivity index (χ4n) is 4.14. The van der Waals surface area contributed by atoms with Gasteiger partial charge in [-0.15, -0.1) is 9.97 Å². The number of fused-ring (bicyclic) bond motifs is 2. The van der Waals surface area contributed by atoms with Crippen LogP contribution in [0.4, 0.5) is 34.9 Å². The maximum Gasteiger partial charge on any atom is 0.288 e. The molecule has 6 aromatic heterocycles. The smallest absolute Gasteiger partial charge is 0.288 e. The lowest BCUT2D eigenvalue weighted by Crippen LogP contribution is -2.00. The average Bonchev–Trinajstić information content (AvgIpc) is 3.73. The van der Waals surface area contributed by atoms with Crippen molar-refractivity contribution in [2.45, 2.75) is 6.54 Å². The molecule has 45 heavy (non-hydrogen) atoms. The van der Waals surface area contributed by atoms with Gasteiger partial charge in [0.15, 0.2) is 24.0 Å². The molecule has 0 amide bonds. The zero-order valence-corrected chi connectivity index (χ0v) is 23.6. The van der Waals surface area contributed by atoms with Gasteiger partial charge in [-0.3, -0.25) is 0 Å². The Bertz CT molecular complexity index is 2140. The molecule has 0 aliphatic rings. The lowest BCUT2D eigenvalue weighted by atomic mass is 10.2. The Morgan fingerprint density at radius 2 is 1.36 bits per heavy atom. The van der Waals surface area contributed by atoms with Crippen LogP contribution in [0.25, 0.3) is 31.8 Å². The summed E-state index contributed by atoms with van der Waals surface area (Å²) in [6.07, 6.45) is 12.6. The van der Waals surface area contributed by atoms with E-state index in [1.807, 2.05) is 30.3 Å². The third kappa shape index (κ3) is 6.74. The Balaban J connectivity index is 0.000000172. The van der Waals surface area contributed by atoms with E-state index in [4.69, 9.17) is 17.9 Å². The molecule has 218 valence electrons. The van der Waals surface area contributed by atoms with Gasteiger partial charge < -0.3 is 34.6 Å². The monoisotopic (exact) mass is 594 g/mol. The third-order valence-corrected chi connectivity index (χ3v) is 6.34. The highest BCUT2D eigenvalue weighted by Crippen LogP contribution is 2.21. The number of hydrogen-bond acceptors (Lipinski definition) is 11. The number of ether oxygens (including phenoxy) is 1. The molecule has 0 fully saturated rings. The summed E-state index contributed by atoms with van der Waals surface area (Å²) in [6.45, 7) is 14.4.